The molecule has 0 radical (unpaired) electrons. The lowest BCUT2D eigenvalue weighted by atomic mass is 10.1. The number of alkyl halides is 3. The van der Waals surface area contributed by atoms with Crippen molar-refractivity contribution >= 4 is 17.5 Å². The Morgan fingerprint density at radius 2 is 2.00 bits per heavy atom. The summed E-state index contributed by atoms with van der Waals surface area (Å²) in [6, 6.07) is 7.64. The molecule has 2 aromatic rings. The number of likely N-dealkylation sites (tertiary alicyclic amines) is 1. The number of piperidine rings is 1. The van der Waals surface area contributed by atoms with Gasteiger partial charge in [0.1, 0.15) is 5.69 Å². The molecule has 9 heteroatoms. The molecule has 0 bridgehead atoms. The highest BCUT2D eigenvalue weighted by Crippen LogP contribution is 2.52. The van der Waals surface area contributed by atoms with Gasteiger partial charge in [-0.1, -0.05) is 23.7 Å². The van der Waals surface area contributed by atoms with E-state index in [1.807, 2.05) is 46.4 Å². The normalized spacial score (nSPS) is 22.9. The first-order valence-corrected chi connectivity index (χ1v) is 11.3. The van der Waals surface area contributed by atoms with Crippen molar-refractivity contribution in [3.8, 4) is 0 Å². The van der Waals surface area contributed by atoms with E-state index in [0.29, 0.717) is 54.6 Å². The molecule has 1 aliphatic carbocycles. The zero-order chi connectivity index (χ0) is 23.0. The maximum absolute atomic E-state index is 13.3. The van der Waals surface area contributed by atoms with Crippen molar-refractivity contribution < 1.29 is 18.0 Å². The fraction of sp³-hybridized carbons (Fsp3) is 0.565. The quantitative estimate of drug-likeness (QED) is 0.554. The Labute approximate surface area is 191 Å². The Balaban J connectivity index is 1.42. The number of amides is 1. The zero-order valence-electron chi connectivity index (χ0n) is 18.2. The zero-order valence-corrected chi connectivity index (χ0v) is 19.0. The van der Waals surface area contributed by atoms with E-state index in [0.717, 1.165) is 5.56 Å². The molecule has 4 rings (SSSR count). The number of carbonyl (C=O) groups excluding carboxylic acids is 1. The van der Waals surface area contributed by atoms with Gasteiger partial charge in [0.2, 0.25) is 0 Å². The van der Waals surface area contributed by atoms with Gasteiger partial charge >= 0.3 is 6.18 Å². The first-order valence-electron chi connectivity index (χ1n) is 11.0. The Kier molecular flexibility index (Phi) is 6.54. The second kappa shape index (κ2) is 9.06. The largest absolute Gasteiger partial charge is 0.390 e. The van der Waals surface area contributed by atoms with Gasteiger partial charge in [-0.25, -0.2) is 4.98 Å². The minimum atomic E-state index is -4.12. The van der Waals surface area contributed by atoms with Gasteiger partial charge in [-0.05, 0) is 49.3 Å². The number of nitrogens with zero attached hydrogens (tertiary/aromatic N) is 4. The average Bonchev–Trinajstić information content (AvgIpc) is 3.11. The van der Waals surface area contributed by atoms with Crippen LogP contribution in [0.3, 0.4) is 0 Å². The lowest BCUT2D eigenvalue weighted by Gasteiger charge is -2.25. The summed E-state index contributed by atoms with van der Waals surface area (Å²) in [5.74, 6) is 0.882. The number of imidazole rings is 1. The van der Waals surface area contributed by atoms with Crippen LogP contribution in [0.1, 0.15) is 42.4 Å². The van der Waals surface area contributed by atoms with Crippen LogP contribution in [0.2, 0.25) is 5.02 Å². The van der Waals surface area contributed by atoms with Crippen molar-refractivity contribution in [2.75, 3.05) is 26.2 Å². The molecule has 2 heterocycles. The highest BCUT2D eigenvalue weighted by Gasteiger charge is 2.56. The number of benzene rings is 1. The van der Waals surface area contributed by atoms with Crippen LogP contribution in [0.4, 0.5) is 13.2 Å². The molecule has 1 amide bonds. The average molecular weight is 469 g/mol. The molecule has 1 aliphatic heterocycles. The Morgan fingerprint density at radius 1 is 1.28 bits per heavy atom. The van der Waals surface area contributed by atoms with Crippen molar-refractivity contribution in [3.05, 3.63) is 53.1 Å². The molecule has 0 N–H and O–H groups in total. The van der Waals surface area contributed by atoms with Crippen molar-refractivity contribution in [3.63, 3.8) is 0 Å². The summed E-state index contributed by atoms with van der Waals surface area (Å²) < 4.78 is 39.4. The van der Waals surface area contributed by atoms with Crippen LogP contribution in [0.5, 0.6) is 0 Å². The second-order valence-corrected chi connectivity index (χ2v) is 9.67. The van der Waals surface area contributed by atoms with E-state index >= 15 is 0 Å². The minimum Gasteiger partial charge on any atom is -0.334 e. The van der Waals surface area contributed by atoms with E-state index in [4.69, 9.17) is 11.6 Å². The minimum absolute atomic E-state index is 0.0566. The van der Waals surface area contributed by atoms with E-state index in [1.165, 1.54) is 0 Å². The number of fused-ring (bicyclic) bond motifs is 1. The van der Waals surface area contributed by atoms with Crippen LogP contribution >= 0.6 is 11.6 Å². The number of hydrogen-bond donors (Lipinski definition) is 0. The first-order chi connectivity index (χ1) is 15.1. The molecule has 1 aromatic heterocycles. The summed E-state index contributed by atoms with van der Waals surface area (Å²) in [4.78, 5) is 21.3. The molecule has 2 unspecified atom stereocenters. The molecule has 2 aliphatic rings. The Morgan fingerprint density at radius 3 is 2.59 bits per heavy atom. The smallest absolute Gasteiger partial charge is 0.334 e. The van der Waals surface area contributed by atoms with Crippen LogP contribution in [0.25, 0.3) is 0 Å². The monoisotopic (exact) mass is 468 g/mol. The van der Waals surface area contributed by atoms with E-state index < -0.39 is 12.6 Å². The molecule has 1 saturated carbocycles. The van der Waals surface area contributed by atoms with Crippen LogP contribution in [-0.2, 0) is 6.54 Å². The maximum Gasteiger partial charge on any atom is 0.390 e. The molecule has 5 nitrogen and oxygen atoms in total. The topological polar surface area (TPSA) is 41.4 Å². The number of halogens is 4. The highest BCUT2D eigenvalue weighted by atomic mass is 35.5. The van der Waals surface area contributed by atoms with Crippen molar-refractivity contribution in [1.82, 2.24) is 19.4 Å². The van der Waals surface area contributed by atoms with Gasteiger partial charge in [0, 0.05) is 50.0 Å². The van der Waals surface area contributed by atoms with E-state index in [2.05, 4.69) is 4.98 Å². The molecule has 0 spiro atoms. The number of rotatable bonds is 8. The van der Waals surface area contributed by atoms with Gasteiger partial charge in [-0.2, -0.15) is 13.2 Å². The summed E-state index contributed by atoms with van der Waals surface area (Å²) in [5, 5.41) is 0.614. The Hall–Kier alpha value is -2.06. The van der Waals surface area contributed by atoms with Crippen LogP contribution in [0.15, 0.2) is 36.8 Å². The summed E-state index contributed by atoms with van der Waals surface area (Å²) in [7, 11) is 0. The lowest BCUT2D eigenvalue weighted by Crippen LogP contribution is -2.35. The van der Waals surface area contributed by atoms with Crippen LogP contribution < -0.4 is 0 Å². The van der Waals surface area contributed by atoms with Gasteiger partial charge in [-0.15, -0.1) is 0 Å². The fourth-order valence-electron chi connectivity index (χ4n) is 4.70. The van der Waals surface area contributed by atoms with Gasteiger partial charge in [-0.3, -0.25) is 4.79 Å². The number of carbonyl (C=O) groups is 1. The van der Waals surface area contributed by atoms with Gasteiger partial charge < -0.3 is 14.4 Å². The summed E-state index contributed by atoms with van der Waals surface area (Å²) >= 11 is 6.13. The third kappa shape index (κ3) is 5.46. The molecular weight excluding hydrogens is 441 g/mol. The predicted molar refractivity (Wildman–Crippen MR) is 116 cm³/mol. The molecule has 2 atom stereocenters. The molecule has 32 heavy (non-hydrogen) atoms. The van der Waals surface area contributed by atoms with Gasteiger partial charge in [0.05, 0.1) is 12.7 Å². The Bertz CT molecular complexity index is 949. The molecular formula is C23H28ClF3N4O. The van der Waals surface area contributed by atoms with Crippen molar-refractivity contribution in [2.24, 2.45) is 17.8 Å². The fourth-order valence-corrected chi connectivity index (χ4v) is 4.91. The lowest BCUT2D eigenvalue weighted by molar-refractivity contribution is -0.137. The maximum atomic E-state index is 13.3. The standard InChI is InChI=1S/C23H28ClF3N4O/c1-15(2)31-13-21(28-14-31)22(32)30(9-16-4-3-5-17(24)8-16)12-20-18-10-29(11-19(18)20)7-6-23(25,26)27/h3-5,8,13-15,18-20H,6-7,9-12H2,1-2H3. The molecule has 174 valence electrons. The SMILES string of the molecule is CC(C)n1cnc(C(=O)N(Cc2cccc(Cl)c2)CC2C3CN(CCC(F)(F)F)CC32)c1. The van der Waals surface area contributed by atoms with E-state index in [-0.39, 0.29) is 18.5 Å². The molecule has 2 fully saturated rings. The van der Waals surface area contributed by atoms with Gasteiger partial charge in [0.25, 0.3) is 5.91 Å². The summed E-state index contributed by atoms with van der Waals surface area (Å²) in [6.45, 7) is 6.44. The van der Waals surface area contributed by atoms with Crippen LogP contribution in [-0.4, -0.2) is 57.6 Å². The molecule has 1 saturated heterocycles. The predicted octanol–water partition coefficient (Wildman–Crippen LogP) is 4.89. The third-order valence-electron chi connectivity index (χ3n) is 6.56. The van der Waals surface area contributed by atoms with Crippen molar-refractivity contribution in [2.45, 2.75) is 39.0 Å². The summed E-state index contributed by atoms with van der Waals surface area (Å²) in [5.41, 5.74) is 1.34. The van der Waals surface area contributed by atoms with Crippen molar-refractivity contribution in [1.29, 1.82) is 0 Å². The third-order valence-corrected chi connectivity index (χ3v) is 6.79. The second-order valence-electron chi connectivity index (χ2n) is 9.23. The molecule has 1 aromatic carbocycles. The highest BCUT2D eigenvalue weighted by molar-refractivity contribution is 6.30. The van der Waals surface area contributed by atoms with Crippen LogP contribution in [0, 0.1) is 17.8 Å². The number of hydrogen-bond acceptors (Lipinski definition) is 3. The first kappa shape index (κ1) is 23.1. The van der Waals surface area contributed by atoms with Gasteiger partial charge in [0.15, 0.2) is 0 Å². The number of aromatic nitrogens is 2. The van der Waals surface area contributed by atoms with E-state index in [9.17, 15) is 18.0 Å². The summed E-state index contributed by atoms with van der Waals surface area (Å²) in [6.07, 6.45) is -1.45. The van der Waals surface area contributed by atoms with E-state index in [1.54, 1.807) is 18.6 Å².